The summed E-state index contributed by atoms with van der Waals surface area (Å²) in [6.45, 7) is 0.478. The Bertz CT molecular complexity index is 1060. The zero-order valence-electron chi connectivity index (χ0n) is 13.8. The number of nitrogens with one attached hydrogen (secondary N) is 1. The number of nitrogens with zero attached hydrogens (tertiary/aromatic N) is 3. The Labute approximate surface area is 158 Å². The number of H-pyrrole nitrogens is 1. The quantitative estimate of drug-likeness (QED) is 0.471. The van der Waals surface area contributed by atoms with Crippen molar-refractivity contribution in [3.63, 3.8) is 0 Å². The van der Waals surface area contributed by atoms with Crippen molar-refractivity contribution in [3.05, 3.63) is 82.6 Å². The van der Waals surface area contributed by atoms with E-state index in [-0.39, 0.29) is 0 Å². The lowest BCUT2D eigenvalue weighted by molar-refractivity contribution is 0.307. The van der Waals surface area contributed by atoms with Crippen LogP contribution in [0.1, 0.15) is 11.1 Å². The van der Waals surface area contributed by atoms with E-state index in [9.17, 15) is 0 Å². The van der Waals surface area contributed by atoms with E-state index in [0.717, 1.165) is 21.3 Å². The molecule has 0 bridgehead atoms. The standard InChI is InChI=1S/C20H15BrN4O/c21-17-8-9-19(16(10-17)11-22-20-23-13-24-25-20)26-12-15-6-3-5-14-4-1-2-7-18(14)15/h1-11,13H,12H2,(H,23,24,25). The van der Waals surface area contributed by atoms with Gasteiger partial charge in [-0.3, -0.25) is 0 Å². The third-order valence-corrected chi connectivity index (χ3v) is 4.46. The number of ether oxygens (including phenoxy) is 1. The molecule has 1 aromatic heterocycles. The summed E-state index contributed by atoms with van der Waals surface area (Å²) in [5.74, 6) is 1.20. The van der Waals surface area contributed by atoms with E-state index in [1.54, 1.807) is 6.21 Å². The number of aromatic amines is 1. The predicted octanol–water partition coefficient (Wildman–Crippen LogP) is 5.05. The molecule has 4 aromatic rings. The van der Waals surface area contributed by atoms with Crippen LogP contribution in [0.5, 0.6) is 5.75 Å². The molecule has 0 atom stereocenters. The number of aromatic nitrogens is 3. The van der Waals surface area contributed by atoms with Crippen molar-refractivity contribution in [2.75, 3.05) is 0 Å². The highest BCUT2D eigenvalue weighted by Crippen LogP contribution is 2.25. The highest BCUT2D eigenvalue weighted by atomic mass is 79.9. The van der Waals surface area contributed by atoms with Crippen molar-refractivity contribution in [1.82, 2.24) is 15.2 Å². The topological polar surface area (TPSA) is 63.2 Å². The van der Waals surface area contributed by atoms with Crippen LogP contribution >= 0.6 is 15.9 Å². The van der Waals surface area contributed by atoms with Gasteiger partial charge in [0.25, 0.3) is 0 Å². The van der Waals surface area contributed by atoms with Crippen molar-refractivity contribution >= 4 is 38.9 Å². The fraction of sp³-hybridized carbons (Fsp3) is 0.0500. The molecule has 0 unspecified atom stereocenters. The molecule has 0 amide bonds. The van der Waals surface area contributed by atoms with Gasteiger partial charge in [0.1, 0.15) is 18.7 Å². The Kier molecular flexibility index (Phi) is 4.75. The number of hydrogen-bond acceptors (Lipinski definition) is 4. The molecule has 0 saturated carbocycles. The lowest BCUT2D eigenvalue weighted by Gasteiger charge is -2.11. The van der Waals surface area contributed by atoms with E-state index in [4.69, 9.17) is 4.74 Å². The fourth-order valence-corrected chi connectivity index (χ4v) is 3.10. The van der Waals surface area contributed by atoms with Gasteiger partial charge in [-0.05, 0) is 34.5 Å². The first-order valence-corrected chi connectivity index (χ1v) is 8.87. The minimum Gasteiger partial charge on any atom is -0.488 e. The van der Waals surface area contributed by atoms with Gasteiger partial charge >= 0.3 is 0 Å². The molecule has 3 aromatic carbocycles. The number of halogens is 1. The third-order valence-electron chi connectivity index (χ3n) is 3.96. The van der Waals surface area contributed by atoms with Crippen LogP contribution < -0.4 is 4.74 Å². The average molecular weight is 407 g/mol. The van der Waals surface area contributed by atoms with Gasteiger partial charge in [0.15, 0.2) is 0 Å². The van der Waals surface area contributed by atoms with Crippen LogP contribution in [0.4, 0.5) is 5.95 Å². The monoisotopic (exact) mass is 406 g/mol. The highest BCUT2D eigenvalue weighted by Gasteiger charge is 2.06. The summed E-state index contributed by atoms with van der Waals surface area (Å²) < 4.78 is 7.05. The van der Waals surface area contributed by atoms with Gasteiger partial charge < -0.3 is 4.74 Å². The zero-order chi connectivity index (χ0) is 17.8. The van der Waals surface area contributed by atoms with Crippen molar-refractivity contribution in [1.29, 1.82) is 0 Å². The molecule has 128 valence electrons. The summed E-state index contributed by atoms with van der Waals surface area (Å²) in [4.78, 5) is 8.28. The first kappa shape index (κ1) is 16.5. The van der Waals surface area contributed by atoms with Crippen LogP contribution in [0.3, 0.4) is 0 Å². The molecule has 1 heterocycles. The summed E-state index contributed by atoms with van der Waals surface area (Å²) in [7, 11) is 0. The molecule has 5 nitrogen and oxygen atoms in total. The van der Waals surface area contributed by atoms with E-state index >= 15 is 0 Å². The number of benzene rings is 3. The van der Waals surface area contributed by atoms with Crippen molar-refractivity contribution in [2.45, 2.75) is 6.61 Å². The first-order chi connectivity index (χ1) is 12.8. The van der Waals surface area contributed by atoms with Crippen LogP contribution in [0.25, 0.3) is 10.8 Å². The van der Waals surface area contributed by atoms with Gasteiger partial charge in [-0.15, -0.1) is 0 Å². The van der Waals surface area contributed by atoms with Gasteiger partial charge in [0, 0.05) is 16.3 Å². The lowest BCUT2D eigenvalue weighted by atomic mass is 10.1. The summed E-state index contributed by atoms with van der Waals surface area (Å²) in [6, 6.07) is 20.4. The second-order valence-electron chi connectivity index (χ2n) is 5.68. The molecular weight excluding hydrogens is 392 g/mol. The summed E-state index contributed by atoms with van der Waals surface area (Å²) in [5.41, 5.74) is 2.00. The van der Waals surface area contributed by atoms with Crippen molar-refractivity contribution in [3.8, 4) is 5.75 Å². The van der Waals surface area contributed by atoms with E-state index < -0.39 is 0 Å². The molecule has 0 spiro atoms. The second kappa shape index (κ2) is 7.49. The maximum absolute atomic E-state index is 6.10. The molecule has 0 aliphatic heterocycles. The van der Waals surface area contributed by atoms with E-state index in [2.05, 4.69) is 66.4 Å². The summed E-state index contributed by atoms with van der Waals surface area (Å²) in [5, 5.41) is 8.90. The number of rotatable bonds is 5. The number of fused-ring (bicyclic) bond motifs is 1. The Morgan fingerprint density at radius 1 is 1.08 bits per heavy atom. The molecule has 4 rings (SSSR count). The summed E-state index contributed by atoms with van der Waals surface area (Å²) >= 11 is 3.49. The maximum atomic E-state index is 6.10. The smallest absolute Gasteiger partial charge is 0.245 e. The number of hydrogen-bond donors (Lipinski definition) is 1. The van der Waals surface area contributed by atoms with Crippen LogP contribution in [-0.2, 0) is 6.61 Å². The van der Waals surface area contributed by atoms with Gasteiger partial charge in [-0.2, -0.15) is 10.1 Å². The van der Waals surface area contributed by atoms with Gasteiger partial charge in [0.05, 0.1) is 0 Å². The normalized spacial score (nSPS) is 11.3. The Morgan fingerprint density at radius 2 is 1.96 bits per heavy atom. The van der Waals surface area contributed by atoms with Crippen LogP contribution in [0.15, 0.2) is 76.5 Å². The van der Waals surface area contributed by atoms with E-state index in [0.29, 0.717) is 12.6 Å². The van der Waals surface area contributed by atoms with Gasteiger partial charge in [-0.1, -0.05) is 58.4 Å². The van der Waals surface area contributed by atoms with Crippen molar-refractivity contribution < 1.29 is 4.74 Å². The second-order valence-corrected chi connectivity index (χ2v) is 6.59. The molecule has 26 heavy (non-hydrogen) atoms. The largest absolute Gasteiger partial charge is 0.488 e. The molecule has 1 N–H and O–H groups in total. The van der Waals surface area contributed by atoms with Crippen LogP contribution in [-0.4, -0.2) is 21.4 Å². The van der Waals surface area contributed by atoms with Gasteiger partial charge in [-0.25, -0.2) is 10.1 Å². The van der Waals surface area contributed by atoms with Crippen LogP contribution in [0, 0.1) is 0 Å². The number of aliphatic imine (C=N–C) groups is 1. The molecule has 0 radical (unpaired) electrons. The van der Waals surface area contributed by atoms with E-state index in [1.165, 1.54) is 17.1 Å². The van der Waals surface area contributed by atoms with Crippen LogP contribution in [0.2, 0.25) is 0 Å². The maximum Gasteiger partial charge on any atom is 0.245 e. The van der Waals surface area contributed by atoms with E-state index in [1.807, 2.05) is 30.3 Å². The Balaban J connectivity index is 1.60. The third kappa shape index (κ3) is 3.65. The van der Waals surface area contributed by atoms with Gasteiger partial charge in [0.2, 0.25) is 5.95 Å². The minimum atomic E-state index is 0.449. The Morgan fingerprint density at radius 3 is 2.85 bits per heavy atom. The molecule has 0 saturated heterocycles. The zero-order valence-corrected chi connectivity index (χ0v) is 15.3. The molecular formula is C20H15BrN4O. The molecule has 0 fully saturated rings. The molecule has 6 heteroatoms. The average Bonchev–Trinajstić information content (AvgIpc) is 3.19. The predicted molar refractivity (Wildman–Crippen MR) is 106 cm³/mol. The fourth-order valence-electron chi connectivity index (χ4n) is 2.72. The van der Waals surface area contributed by atoms with Crippen molar-refractivity contribution in [2.24, 2.45) is 4.99 Å². The molecule has 0 aliphatic rings. The minimum absolute atomic E-state index is 0.449. The first-order valence-electron chi connectivity index (χ1n) is 8.08. The highest BCUT2D eigenvalue weighted by molar-refractivity contribution is 9.10. The summed E-state index contributed by atoms with van der Waals surface area (Å²) in [6.07, 6.45) is 3.13. The lowest BCUT2D eigenvalue weighted by Crippen LogP contribution is -1.99. The SMILES string of the molecule is Brc1ccc(OCc2cccc3ccccc23)c(C=Nc2ncn[nH]2)c1. The molecule has 0 aliphatic carbocycles. The Hall–Kier alpha value is -2.99.